The number of aryl methyl sites for hydroxylation is 1. The second-order valence-corrected chi connectivity index (χ2v) is 6.12. The van der Waals surface area contributed by atoms with Crippen LogP contribution in [-0.4, -0.2) is 54.6 Å². The van der Waals surface area contributed by atoms with Crippen LogP contribution in [0.3, 0.4) is 0 Å². The van der Waals surface area contributed by atoms with Crippen molar-refractivity contribution in [2.24, 2.45) is 5.10 Å². The fourth-order valence-electron chi connectivity index (χ4n) is 2.44. The fourth-order valence-corrected chi connectivity index (χ4v) is 2.44. The molecule has 0 saturated heterocycles. The third-order valence-corrected chi connectivity index (χ3v) is 3.94. The Morgan fingerprint density at radius 2 is 1.62 bits per heavy atom. The first kappa shape index (κ1) is 20.3. The average molecular weight is 396 g/mol. The molecule has 0 N–H and O–H groups in total. The molecule has 1 aromatic heterocycles. The van der Waals surface area contributed by atoms with E-state index in [9.17, 15) is 0 Å². The molecule has 0 aliphatic heterocycles. The van der Waals surface area contributed by atoms with Crippen LogP contribution >= 0.6 is 0 Å². The maximum atomic E-state index is 5.75. The minimum Gasteiger partial charge on any atom is -0.493 e. The molecular weight excluding hydrogens is 372 g/mol. The van der Waals surface area contributed by atoms with Gasteiger partial charge in [-0.1, -0.05) is 17.7 Å². The van der Waals surface area contributed by atoms with Crippen LogP contribution in [-0.2, 0) is 4.74 Å². The minimum atomic E-state index is 0.412. The van der Waals surface area contributed by atoms with Crippen LogP contribution in [0.1, 0.15) is 11.1 Å². The van der Waals surface area contributed by atoms with Crippen LogP contribution < -0.4 is 14.2 Å². The standard InChI is InChI=1S/C21H24N4O4/c1-17-3-6-19(7-4-17)28-11-9-27-10-12-29-20-8-5-18(13-21(20)26-2)14-24-25-15-22-23-16-25/h3-8,13-16H,9-12H2,1-2H3. The number of hydrogen-bond donors (Lipinski definition) is 0. The molecule has 1 heterocycles. The van der Waals surface area contributed by atoms with Gasteiger partial charge >= 0.3 is 0 Å². The Bertz CT molecular complexity index is 896. The van der Waals surface area contributed by atoms with Gasteiger partial charge in [-0.15, -0.1) is 10.2 Å². The molecule has 2 aromatic carbocycles. The molecule has 0 unspecified atom stereocenters. The molecular formula is C21H24N4O4. The summed E-state index contributed by atoms with van der Waals surface area (Å²) in [5.41, 5.74) is 2.07. The van der Waals surface area contributed by atoms with Crippen molar-refractivity contribution < 1.29 is 18.9 Å². The van der Waals surface area contributed by atoms with E-state index in [-0.39, 0.29) is 0 Å². The molecule has 152 valence electrons. The van der Waals surface area contributed by atoms with Gasteiger partial charge in [-0.05, 0) is 42.8 Å². The molecule has 0 aliphatic carbocycles. The Morgan fingerprint density at radius 1 is 0.897 bits per heavy atom. The van der Waals surface area contributed by atoms with Crippen molar-refractivity contribution in [2.45, 2.75) is 6.92 Å². The molecule has 3 rings (SSSR count). The quantitative estimate of drug-likeness (QED) is 0.366. The van der Waals surface area contributed by atoms with Crippen LogP contribution in [0, 0.1) is 6.92 Å². The zero-order valence-corrected chi connectivity index (χ0v) is 16.5. The Kier molecular flexibility index (Phi) is 7.59. The summed E-state index contributed by atoms with van der Waals surface area (Å²) in [4.78, 5) is 0. The predicted octanol–water partition coefficient (Wildman–Crippen LogP) is 2.95. The van der Waals surface area contributed by atoms with Gasteiger partial charge in [-0.25, -0.2) is 4.68 Å². The van der Waals surface area contributed by atoms with Crippen LogP contribution in [0.2, 0.25) is 0 Å². The van der Waals surface area contributed by atoms with E-state index in [0.717, 1.165) is 11.3 Å². The van der Waals surface area contributed by atoms with Gasteiger partial charge in [0.2, 0.25) is 0 Å². The lowest BCUT2D eigenvalue weighted by Crippen LogP contribution is -2.12. The lowest BCUT2D eigenvalue weighted by atomic mass is 10.2. The summed E-state index contributed by atoms with van der Waals surface area (Å²) in [6.45, 7) is 3.90. The van der Waals surface area contributed by atoms with Gasteiger partial charge in [-0.2, -0.15) is 5.10 Å². The summed E-state index contributed by atoms with van der Waals surface area (Å²) in [5.74, 6) is 2.11. The van der Waals surface area contributed by atoms with Crippen LogP contribution in [0.25, 0.3) is 0 Å². The second-order valence-electron chi connectivity index (χ2n) is 6.12. The number of nitrogens with zero attached hydrogens (tertiary/aromatic N) is 4. The molecule has 0 amide bonds. The van der Waals surface area contributed by atoms with Crippen LogP contribution in [0.4, 0.5) is 0 Å². The fraction of sp³-hybridized carbons (Fsp3) is 0.286. The van der Waals surface area contributed by atoms with E-state index in [1.54, 1.807) is 13.3 Å². The molecule has 0 radical (unpaired) electrons. The van der Waals surface area contributed by atoms with Gasteiger partial charge < -0.3 is 18.9 Å². The molecule has 0 atom stereocenters. The van der Waals surface area contributed by atoms with Gasteiger partial charge in [0.05, 0.1) is 26.5 Å². The minimum absolute atomic E-state index is 0.412. The third kappa shape index (κ3) is 6.62. The van der Waals surface area contributed by atoms with E-state index in [1.807, 2.05) is 49.4 Å². The summed E-state index contributed by atoms with van der Waals surface area (Å²) in [6, 6.07) is 13.5. The highest BCUT2D eigenvalue weighted by Crippen LogP contribution is 2.27. The molecule has 0 aliphatic rings. The SMILES string of the molecule is COc1cc(C=Nn2cnnc2)ccc1OCCOCCOc1ccc(C)cc1. The Morgan fingerprint density at radius 3 is 2.34 bits per heavy atom. The molecule has 29 heavy (non-hydrogen) atoms. The lowest BCUT2D eigenvalue weighted by Gasteiger charge is -2.12. The first-order valence-corrected chi connectivity index (χ1v) is 9.21. The average Bonchev–Trinajstić information content (AvgIpc) is 3.27. The van der Waals surface area contributed by atoms with Crippen molar-refractivity contribution in [1.29, 1.82) is 0 Å². The number of methoxy groups -OCH3 is 1. The van der Waals surface area contributed by atoms with Gasteiger partial charge in [0, 0.05) is 0 Å². The Labute approximate surface area is 169 Å². The smallest absolute Gasteiger partial charge is 0.161 e. The van der Waals surface area contributed by atoms with Gasteiger partial charge in [-0.3, -0.25) is 0 Å². The Balaban J connectivity index is 1.38. The second kappa shape index (κ2) is 10.8. The van der Waals surface area contributed by atoms with Gasteiger partial charge in [0.25, 0.3) is 0 Å². The highest BCUT2D eigenvalue weighted by atomic mass is 16.6. The lowest BCUT2D eigenvalue weighted by molar-refractivity contribution is 0.0757. The molecule has 8 nitrogen and oxygen atoms in total. The van der Waals surface area contributed by atoms with Gasteiger partial charge in [0.1, 0.15) is 31.6 Å². The van der Waals surface area contributed by atoms with Crippen molar-refractivity contribution in [3.05, 3.63) is 66.2 Å². The monoisotopic (exact) mass is 396 g/mol. The maximum absolute atomic E-state index is 5.75. The highest BCUT2D eigenvalue weighted by Gasteiger charge is 2.05. The van der Waals surface area contributed by atoms with E-state index in [1.165, 1.54) is 22.9 Å². The van der Waals surface area contributed by atoms with E-state index >= 15 is 0 Å². The van der Waals surface area contributed by atoms with E-state index in [0.29, 0.717) is 37.9 Å². The van der Waals surface area contributed by atoms with Crippen molar-refractivity contribution >= 4 is 6.21 Å². The number of ether oxygens (including phenoxy) is 4. The van der Waals surface area contributed by atoms with E-state index in [4.69, 9.17) is 18.9 Å². The first-order chi connectivity index (χ1) is 14.2. The Hall–Kier alpha value is -3.39. The van der Waals surface area contributed by atoms with Crippen molar-refractivity contribution in [2.75, 3.05) is 33.5 Å². The van der Waals surface area contributed by atoms with Crippen molar-refractivity contribution in [3.63, 3.8) is 0 Å². The maximum Gasteiger partial charge on any atom is 0.161 e. The largest absolute Gasteiger partial charge is 0.493 e. The zero-order valence-electron chi connectivity index (χ0n) is 16.5. The van der Waals surface area contributed by atoms with E-state index in [2.05, 4.69) is 15.3 Å². The summed E-state index contributed by atoms with van der Waals surface area (Å²) < 4.78 is 23.8. The number of aromatic nitrogens is 3. The summed E-state index contributed by atoms with van der Waals surface area (Å²) in [5, 5.41) is 11.6. The van der Waals surface area contributed by atoms with Crippen molar-refractivity contribution in [3.8, 4) is 17.2 Å². The number of hydrogen-bond acceptors (Lipinski definition) is 7. The molecule has 8 heteroatoms. The normalized spacial score (nSPS) is 11.0. The van der Waals surface area contributed by atoms with Crippen LogP contribution in [0.15, 0.2) is 60.2 Å². The predicted molar refractivity (Wildman–Crippen MR) is 109 cm³/mol. The third-order valence-electron chi connectivity index (χ3n) is 3.94. The summed E-state index contributed by atoms with van der Waals surface area (Å²) >= 11 is 0. The van der Waals surface area contributed by atoms with E-state index < -0.39 is 0 Å². The zero-order chi connectivity index (χ0) is 20.3. The van der Waals surface area contributed by atoms with Crippen molar-refractivity contribution in [1.82, 2.24) is 14.9 Å². The number of benzene rings is 2. The van der Waals surface area contributed by atoms with Gasteiger partial charge in [0.15, 0.2) is 11.5 Å². The molecule has 0 spiro atoms. The highest BCUT2D eigenvalue weighted by molar-refractivity contribution is 5.80. The molecule has 0 fully saturated rings. The summed E-state index contributed by atoms with van der Waals surface area (Å²) in [6.07, 6.45) is 4.71. The topological polar surface area (TPSA) is 80.0 Å². The first-order valence-electron chi connectivity index (χ1n) is 9.21. The molecule has 3 aromatic rings. The molecule has 0 bridgehead atoms. The number of rotatable bonds is 11. The van der Waals surface area contributed by atoms with Crippen LogP contribution in [0.5, 0.6) is 17.2 Å². The molecule has 0 saturated carbocycles. The summed E-state index contributed by atoms with van der Waals surface area (Å²) in [7, 11) is 1.60.